The highest BCUT2D eigenvalue weighted by Crippen LogP contribution is 2.30. The molecule has 2 nitrogen and oxygen atoms in total. The van der Waals surface area contributed by atoms with E-state index in [1.54, 1.807) is 6.07 Å². The zero-order valence-electron chi connectivity index (χ0n) is 17.1. The van der Waals surface area contributed by atoms with Crippen molar-refractivity contribution in [1.29, 1.82) is 5.26 Å². The summed E-state index contributed by atoms with van der Waals surface area (Å²) in [5, 5.41) is 13.6. The minimum atomic E-state index is -0.353. The summed E-state index contributed by atoms with van der Waals surface area (Å²) in [6.45, 7) is 0.504. The molecule has 0 aliphatic rings. The van der Waals surface area contributed by atoms with Crippen LogP contribution in [0.2, 0.25) is 5.02 Å². The number of fused-ring (bicyclic) bond motifs is 2. The molecule has 0 fully saturated rings. The van der Waals surface area contributed by atoms with Crippen LogP contribution in [0.25, 0.3) is 33.3 Å². The van der Waals surface area contributed by atoms with Gasteiger partial charge in [-0.05, 0) is 40.6 Å². The maximum atomic E-state index is 13.5. The van der Waals surface area contributed by atoms with Crippen LogP contribution >= 0.6 is 11.6 Å². The van der Waals surface area contributed by atoms with E-state index in [4.69, 9.17) is 11.6 Å². The Labute approximate surface area is 190 Å². The van der Waals surface area contributed by atoms with Crippen LogP contribution in [0.15, 0.2) is 91.1 Å². The Balaban J connectivity index is 1.64. The zero-order valence-corrected chi connectivity index (χ0v) is 17.9. The lowest BCUT2D eigenvalue weighted by Gasteiger charge is -2.07. The molecule has 0 unspecified atom stereocenters. The second kappa shape index (κ2) is 8.34. The third-order valence-corrected chi connectivity index (χ3v) is 6.03. The lowest BCUT2D eigenvalue weighted by Crippen LogP contribution is -1.99. The number of aromatic nitrogens is 1. The van der Waals surface area contributed by atoms with Crippen LogP contribution in [0.4, 0.5) is 4.39 Å². The van der Waals surface area contributed by atoms with Crippen molar-refractivity contribution in [2.24, 2.45) is 0 Å². The van der Waals surface area contributed by atoms with Crippen molar-refractivity contribution >= 4 is 44.9 Å². The van der Waals surface area contributed by atoms with Gasteiger partial charge in [-0.3, -0.25) is 0 Å². The van der Waals surface area contributed by atoms with Gasteiger partial charge in [0.05, 0.1) is 11.6 Å². The van der Waals surface area contributed by atoms with Gasteiger partial charge < -0.3 is 4.57 Å². The molecule has 0 N–H and O–H groups in total. The molecule has 154 valence electrons. The van der Waals surface area contributed by atoms with Crippen LogP contribution in [0.3, 0.4) is 0 Å². The van der Waals surface area contributed by atoms with Gasteiger partial charge in [-0.2, -0.15) is 5.26 Å². The molecule has 1 heterocycles. The molecule has 4 heteroatoms. The Morgan fingerprint density at radius 2 is 1.69 bits per heavy atom. The predicted octanol–water partition coefficient (Wildman–Crippen LogP) is 7.70. The number of benzene rings is 4. The van der Waals surface area contributed by atoms with Crippen LogP contribution in [0.1, 0.15) is 16.7 Å². The SMILES string of the molecule is N#C/C(=C\c1cn(Cc2ccc(F)cc2Cl)c2ccccc12)c1cccc2ccccc12. The summed E-state index contributed by atoms with van der Waals surface area (Å²) in [4.78, 5) is 0. The molecule has 0 aliphatic heterocycles. The summed E-state index contributed by atoms with van der Waals surface area (Å²) in [6.07, 6.45) is 3.96. The van der Waals surface area contributed by atoms with E-state index in [2.05, 4.69) is 10.6 Å². The van der Waals surface area contributed by atoms with E-state index in [0.717, 1.165) is 38.4 Å². The van der Waals surface area contributed by atoms with Crippen molar-refractivity contribution in [3.8, 4) is 6.07 Å². The van der Waals surface area contributed by atoms with Crippen LogP contribution in [0.5, 0.6) is 0 Å². The van der Waals surface area contributed by atoms with Crippen molar-refractivity contribution in [2.45, 2.75) is 6.54 Å². The monoisotopic (exact) mass is 436 g/mol. The molecule has 0 atom stereocenters. The Bertz CT molecular complexity index is 1530. The van der Waals surface area contributed by atoms with E-state index >= 15 is 0 Å². The van der Waals surface area contributed by atoms with Gasteiger partial charge in [0.25, 0.3) is 0 Å². The van der Waals surface area contributed by atoms with E-state index in [0.29, 0.717) is 17.1 Å². The Kier molecular flexibility index (Phi) is 5.23. The first-order valence-corrected chi connectivity index (χ1v) is 10.6. The summed E-state index contributed by atoms with van der Waals surface area (Å²) >= 11 is 6.27. The smallest absolute Gasteiger partial charge is 0.124 e. The summed E-state index contributed by atoms with van der Waals surface area (Å²) in [6, 6.07) is 29.0. The second-order valence-electron chi connectivity index (χ2n) is 7.66. The van der Waals surface area contributed by atoms with E-state index in [1.807, 2.05) is 79.0 Å². The van der Waals surface area contributed by atoms with Crippen molar-refractivity contribution in [2.75, 3.05) is 0 Å². The standard InChI is InChI=1S/C28H18ClFN2/c29-27-15-23(30)13-12-20(27)17-32-18-22(26-9-3-4-11-28(26)32)14-21(16-31)25-10-5-7-19-6-1-2-8-24(19)25/h1-15,18H,17H2/b21-14+. The van der Waals surface area contributed by atoms with Crippen LogP contribution in [-0.2, 0) is 6.54 Å². The van der Waals surface area contributed by atoms with Gasteiger partial charge in [0.15, 0.2) is 0 Å². The maximum absolute atomic E-state index is 13.5. The second-order valence-corrected chi connectivity index (χ2v) is 8.07. The molecule has 0 saturated carbocycles. The van der Waals surface area contributed by atoms with E-state index in [1.165, 1.54) is 12.1 Å². The molecule has 0 radical (unpaired) electrons. The molecule has 4 aromatic carbocycles. The minimum absolute atomic E-state index is 0.353. The van der Waals surface area contributed by atoms with Crippen molar-refractivity contribution < 1.29 is 4.39 Å². The third-order valence-electron chi connectivity index (χ3n) is 5.68. The molecule has 5 aromatic rings. The number of nitriles is 1. The first-order chi connectivity index (χ1) is 15.6. The molecule has 1 aromatic heterocycles. The highest BCUT2D eigenvalue weighted by atomic mass is 35.5. The van der Waals surface area contributed by atoms with Crippen LogP contribution in [-0.4, -0.2) is 4.57 Å². The maximum Gasteiger partial charge on any atom is 0.124 e. The normalized spacial score (nSPS) is 11.7. The minimum Gasteiger partial charge on any atom is -0.342 e. The average Bonchev–Trinajstić information content (AvgIpc) is 3.16. The molecule has 0 bridgehead atoms. The molecule has 5 rings (SSSR count). The number of nitrogens with zero attached hydrogens (tertiary/aromatic N) is 2. The van der Waals surface area contributed by atoms with Gasteiger partial charge in [-0.1, -0.05) is 78.3 Å². The van der Waals surface area contributed by atoms with Gasteiger partial charge in [0.1, 0.15) is 5.82 Å². The first-order valence-electron chi connectivity index (χ1n) is 10.3. The summed E-state index contributed by atoms with van der Waals surface area (Å²) < 4.78 is 15.6. The van der Waals surface area contributed by atoms with Gasteiger partial charge in [0, 0.05) is 39.8 Å². The lowest BCUT2D eigenvalue weighted by molar-refractivity contribution is 0.626. The molecule has 32 heavy (non-hydrogen) atoms. The summed E-state index contributed by atoms with van der Waals surface area (Å²) in [7, 11) is 0. The Morgan fingerprint density at radius 3 is 2.50 bits per heavy atom. The third kappa shape index (κ3) is 3.66. The van der Waals surface area contributed by atoms with Gasteiger partial charge >= 0.3 is 0 Å². The van der Waals surface area contributed by atoms with Crippen LogP contribution < -0.4 is 0 Å². The molecule has 0 saturated heterocycles. The fourth-order valence-corrected chi connectivity index (χ4v) is 4.37. The van der Waals surface area contributed by atoms with Gasteiger partial charge in [-0.25, -0.2) is 4.39 Å². The molecule has 0 spiro atoms. The first kappa shape index (κ1) is 20.1. The summed E-state index contributed by atoms with van der Waals surface area (Å²) in [5.41, 5.74) is 4.31. The Morgan fingerprint density at radius 1 is 0.938 bits per heavy atom. The fourth-order valence-electron chi connectivity index (χ4n) is 4.14. The van der Waals surface area contributed by atoms with Gasteiger partial charge in [0.2, 0.25) is 0 Å². The van der Waals surface area contributed by atoms with Crippen molar-refractivity contribution in [3.63, 3.8) is 0 Å². The highest BCUT2D eigenvalue weighted by molar-refractivity contribution is 6.31. The fraction of sp³-hybridized carbons (Fsp3) is 0.0357. The number of allylic oxidation sites excluding steroid dienone is 1. The lowest BCUT2D eigenvalue weighted by atomic mass is 9.97. The number of rotatable bonds is 4. The predicted molar refractivity (Wildman–Crippen MR) is 130 cm³/mol. The van der Waals surface area contributed by atoms with E-state index < -0.39 is 0 Å². The molecular weight excluding hydrogens is 419 g/mol. The van der Waals surface area contributed by atoms with E-state index in [-0.39, 0.29) is 5.82 Å². The topological polar surface area (TPSA) is 28.7 Å². The van der Waals surface area contributed by atoms with Crippen molar-refractivity contribution in [1.82, 2.24) is 4.57 Å². The summed E-state index contributed by atoms with van der Waals surface area (Å²) in [5.74, 6) is -0.353. The number of para-hydroxylation sites is 1. The number of hydrogen-bond acceptors (Lipinski definition) is 1. The quantitative estimate of drug-likeness (QED) is 0.265. The van der Waals surface area contributed by atoms with Gasteiger partial charge in [-0.15, -0.1) is 0 Å². The largest absolute Gasteiger partial charge is 0.342 e. The highest BCUT2D eigenvalue weighted by Gasteiger charge is 2.12. The van der Waals surface area contributed by atoms with Crippen LogP contribution in [0, 0.1) is 17.1 Å². The number of hydrogen-bond donors (Lipinski definition) is 0. The molecular formula is C28H18ClFN2. The van der Waals surface area contributed by atoms with Crippen molar-refractivity contribution in [3.05, 3.63) is 119 Å². The molecule has 0 aliphatic carbocycles. The average molecular weight is 437 g/mol. The number of halogens is 2. The Hall–Kier alpha value is -3.87. The zero-order chi connectivity index (χ0) is 22.1. The molecule has 0 amide bonds. The van der Waals surface area contributed by atoms with E-state index in [9.17, 15) is 9.65 Å².